The molecule has 9 nitrogen and oxygen atoms in total. The summed E-state index contributed by atoms with van der Waals surface area (Å²) in [6.45, 7) is 2.01. The summed E-state index contributed by atoms with van der Waals surface area (Å²) in [6.07, 6.45) is 2.14. The van der Waals surface area contributed by atoms with Gasteiger partial charge in [-0.2, -0.15) is 4.98 Å². The molecule has 0 radical (unpaired) electrons. The van der Waals surface area contributed by atoms with E-state index in [9.17, 15) is 9.59 Å². The first-order valence-corrected chi connectivity index (χ1v) is 9.99. The van der Waals surface area contributed by atoms with E-state index in [0.717, 1.165) is 16.7 Å². The van der Waals surface area contributed by atoms with Gasteiger partial charge in [-0.1, -0.05) is 35.0 Å². The van der Waals surface area contributed by atoms with Crippen molar-refractivity contribution in [3.63, 3.8) is 0 Å². The topological polar surface area (TPSA) is 140 Å². The van der Waals surface area contributed by atoms with E-state index in [2.05, 4.69) is 25.4 Å². The third kappa shape index (κ3) is 4.44. The fourth-order valence-corrected chi connectivity index (χ4v) is 3.46. The zero-order valence-electron chi connectivity index (χ0n) is 16.0. The van der Waals surface area contributed by atoms with Crippen LogP contribution in [0.3, 0.4) is 0 Å². The number of thiazole rings is 1. The number of amides is 2. The lowest BCUT2D eigenvalue weighted by Gasteiger charge is -1.99. The van der Waals surface area contributed by atoms with Gasteiger partial charge in [-0.25, -0.2) is 4.98 Å². The SMILES string of the molecule is Cc1ccc(-c2noc(CCC(=O)Nc3nc(-c4c[nH]c(C(N)=O)c4)cs3)n2)cc1. The lowest BCUT2D eigenvalue weighted by molar-refractivity contribution is -0.116. The van der Waals surface area contributed by atoms with Crippen LogP contribution in [0.25, 0.3) is 22.6 Å². The predicted octanol–water partition coefficient (Wildman–Crippen LogP) is 3.17. The molecular formula is C20H18N6O3S. The highest BCUT2D eigenvalue weighted by atomic mass is 32.1. The molecule has 10 heteroatoms. The molecule has 4 N–H and O–H groups in total. The molecule has 3 heterocycles. The lowest BCUT2D eigenvalue weighted by atomic mass is 10.1. The number of benzene rings is 1. The number of nitrogens with one attached hydrogen (secondary N) is 2. The molecule has 4 rings (SSSR count). The minimum absolute atomic E-state index is 0.181. The van der Waals surface area contributed by atoms with Gasteiger partial charge in [0.2, 0.25) is 17.6 Å². The third-order valence-electron chi connectivity index (χ3n) is 4.34. The number of hydrogen-bond acceptors (Lipinski definition) is 7. The first kappa shape index (κ1) is 19.5. The van der Waals surface area contributed by atoms with Gasteiger partial charge in [0, 0.05) is 35.5 Å². The maximum absolute atomic E-state index is 12.2. The third-order valence-corrected chi connectivity index (χ3v) is 5.10. The lowest BCUT2D eigenvalue weighted by Crippen LogP contribution is -2.12. The summed E-state index contributed by atoms with van der Waals surface area (Å²) in [5, 5.41) is 8.97. The summed E-state index contributed by atoms with van der Waals surface area (Å²) in [7, 11) is 0. The van der Waals surface area contributed by atoms with Crippen molar-refractivity contribution in [3.05, 3.63) is 59.1 Å². The standard InChI is InChI=1S/C20H18N6O3S/c1-11-2-4-12(5-3-11)19-25-17(29-26-19)7-6-16(27)24-20-23-15(10-30-20)13-8-14(18(21)28)22-9-13/h2-5,8-10,22H,6-7H2,1H3,(H2,21,28)(H,23,24,27). The van der Waals surface area contributed by atoms with Crippen LogP contribution in [0.2, 0.25) is 0 Å². The van der Waals surface area contributed by atoms with Crippen LogP contribution in [-0.2, 0) is 11.2 Å². The number of primary amides is 1. The highest BCUT2D eigenvalue weighted by Crippen LogP contribution is 2.25. The first-order valence-electron chi connectivity index (χ1n) is 9.11. The number of carbonyl (C=O) groups excluding carboxylic acids is 2. The minimum Gasteiger partial charge on any atom is -0.364 e. The Balaban J connectivity index is 1.32. The van der Waals surface area contributed by atoms with Gasteiger partial charge in [0.1, 0.15) is 5.69 Å². The van der Waals surface area contributed by atoms with Gasteiger partial charge in [0.05, 0.1) is 5.69 Å². The summed E-state index contributed by atoms with van der Waals surface area (Å²) in [5.74, 6) is 0.137. The second-order valence-corrected chi connectivity index (χ2v) is 7.49. The number of nitrogens with two attached hydrogens (primary N) is 1. The number of aromatic nitrogens is 4. The molecule has 152 valence electrons. The number of rotatable bonds is 7. The Morgan fingerprint density at radius 3 is 2.73 bits per heavy atom. The summed E-state index contributed by atoms with van der Waals surface area (Å²) in [5.41, 5.74) is 8.90. The molecular weight excluding hydrogens is 404 g/mol. The Labute approximate surface area is 175 Å². The van der Waals surface area contributed by atoms with Crippen LogP contribution in [-0.4, -0.2) is 31.9 Å². The Bertz CT molecular complexity index is 1190. The average Bonchev–Trinajstić information content (AvgIpc) is 3.47. The van der Waals surface area contributed by atoms with Gasteiger partial charge in [0.15, 0.2) is 5.13 Å². The van der Waals surface area contributed by atoms with Crippen molar-refractivity contribution in [2.75, 3.05) is 5.32 Å². The van der Waals surface area contributed by atoms with Gasteiger partial charge < -0.3 is 20.6 Å². The number of carbonyl (C=O) groups is 2. The van der Waals surface area contributed by atoms with Crippen molar-refractivity contribution < 1.29 is 14.1 Å². The smallest absolute Gasteiger partial charge is 0.265 e. The molecule has 2 amide bonds. The van der Waals surface area contributed by atoms with Crippen LogP contribution in [0, 0.1) is 6.92 Å². The maximum atomic E-state index is 12.2. The van der Waals surface area contributed by atoms with Crippen LogP contribution in [0.5, 0.6) is 0 Å². The van der Waals surface area contributed by atoms with Crippen molar-refractivity contribution in [2.24, 2.45) is 5.73 Å². The van der Waals surface area contributed by atoms with E-state index >= 15 is 0 Å². The highest BCUT2D eigenvalue weighted by molar-refractivity contribution is 7.14. The van der Waals surface area contributed by atoms with Crippen molar-refractivity contribution in [1.82, 2.24) is 20.1 Å². The molecule has 0 bridgehead atoms. The summed E-state index contributed by atoms with van der Waals surface area (Å²) >= 11 is 1.29. The predicted molar refractivity (Wildman–Crippen MR) is 112 cm³/mol. The molecule has 30 heavy (non-hydrogen) atoms. The van der Waals surface area contributed by atoms with E-state index in [-0.39, 0.29) is 12.3 Å². The Hall–Kier alpha value is -3.79. The minimum atomic E-state index is -0.545. The van der Waals surface area contributed by atoms with Crippen LogP contribution < -0.4 is 11.1 Å². The summed E-state index contributed by atoms with van der Waals surface area (Å²) in [6, 6.07) is 9.41. The maximum Gasteiger partial charge on any atom is 0.265 e. The second-order valence-electron chi connectivity index (χ2n) is 6.63. The van der Waals surface area contributed by atoms with Crippen molar-refractivity contribution in [3.8, 4) is 22.6 Å². The summed E-state index contributed by atoms with van der Waals surface area (Å²) in [4.78, 5) is 34.9. The Morgan fingerprint density at radius 1 is 1.20 bits per heavy atom. The molecule has 0 aliphatic rings. The van der Waals surface area contributed by atoms with E-state index in [1.165, 1.54) is 11.3 Å². The number of aryl methyl sites for hydroxylation is 2. The van der Waals surface area contributed by atoms with E-state index in [1.807, 2.05) is 31.2 Å². The largest absolute Gasteiger partial charge is 0.364 e. The first-order chi connectivity index (χ1) is 14.5. The van der Waals surface area contributed by atoms with E-state index in [1.54, 1.807) is 17.6 Å². The van der Waals surface area contributed by atoms with Crippen molar-refractivity contribution in [1.29, 1.82) is 0 Å². The van der Waals surface area contributed by atoms with Crippen molar-refractivity contribution in [2.45, 2.75) is 19.8 Å². The van der Waals surface area contributed by atoms with Gasteiger partial charge in [-0.3, -0.25) is 9.59 Å². The zero-order valence-corrected chi connectivity index (χ0v) is 16.8. The fraction of sp³-hybridized carbons (Fsp3) is 0.150. The quantitative estimate of drug-likeness (QED) is 0.418. The fourth-order valence-electron chi connectivity index (χ4n) is 2.73. The average molecular weight is 422 g/mol. The molecule has 0 saturated carbocycles. The molecule has 0 spiro atoms. The molecule has 3 aromatic heterocycles. The normalized spacial score (nSPS) is 10.8. The van der Waals surface area contributed by atoms with Gasteiger partial charge in [-0.05, 0) is 13.0 Å². The van der Waals surface area contributed by atoms with Gasteiger partial charge >= 0.3 is 0 Å². The number of H-pyrrole nitrogens is 1. The molecule has 0 aliphatic heterocycles. The Kier molecular flexibility index (Phi) is 5.40. The monoisotopic (exact) mass is 422 g/mol. The van der Waals surface area contributed by atoms with Crippen LogP contribution in [0.1, 0.15) is 28.4 Å². The van der Waals surface area contributed by atoms with E-state index < -0.39 is 5.91 Å². The van der Waals surface area contributed by atoms with Crippen LogP contribution in [0.15, 0.2) is 46.4 Å². The van der Waals surface area contributed by atoms with Gasteiger partial charge in [-0.15, -0.1) is 11.3 Å². The van der Waals surface area contributed by atoms with Crippen LogP contribution >= 0.6 is 11.3 Å². The van der Waals surface area contributed by atoms with Crippen molar-refractivity contribution >= 4 is 28.3 Å². The highest BCUT2D eigenvalue weighted by Gasteiger charge is 2.13. The molecule has 0 atom stereocenters. The van der Waals surface area contributed by atoms with Gasteiger partial charge in [0.25, 0.3) is 5.91 Å². The number of hydrogen-bond donors (Lipinski definition) is 3. The molecule has 0 fully saturated rings. The van der Waals surface area contributed by atoms with Crippen LogP contribution in [0.4, 0.5) is 5.13 Å². The molecule has 0 aliphatic carbocycles. The van der Waals surface area contributed by atoms with E-state index in [4.69, 9.17) is 10.3 Å². The molecule has 1 aromatic carbocycles. The number of nitrogens with zero attached hydrogens (tertiary/aromatic N) is 3. The number of anilines is 1. The second kappa shape index (κ2) is 8.29. The molecule has 4 aromatic rings. The summed E-state index contributed by atoms with van der Waals surface area (Å²) < 4.78 is 5.24. The molecule has 0 unspecified atom stereocenters. The van der Waals surface area contributed by atoms with E-state index in [0.29, 0.717) is 34.7 Å². The Morgan fingerprint density at radius 2 is 2.00 bits per heavy atom. The number of aromatic amines is 1. The zero-order chi connectivity index (χ0) is 21.1. The molecule has 0 saturated heterocycles.